The van der Waals surface area contributed by atoms with E-state index in [-0.39, 0.29) is 0 Å². The molecule has 2 nitrogen and oxygen atoms in total. The highest BCUT2D eigenvalue weighted by molar-refractivity contribution is 5.93. The van der Waals surface area contributed by atoms with Gasteiger partial charge in [-0.2, -0.15) is 0 Å². The molecule has 5 atom stereocenters. The number of rotatable bonds is 1. The number of benzene rings is 1. The molecule has 1 aromatic carbocycles. The first-order valence-corrected chi connectivity index (χ1v) is 10.7. The van der Waals surface area contributed by atoms with E-state index in [2.05, 4.69) is 51.4 Å². The lowest BCUT2D eigenvalue weighted by Crippen LogP contribution is -2.63. The number of hydrogen-bond donors (Lipinski definition) is 1. The molecular formula is C24H34N2. The second-order valence-corrected chi connectivity index (χ2v) is 9.81. The first-order chi connectivity index (χ1) is 12.4. The highest BCUT2D eigenvalue weighted by Crippen LogP contribution is 2.55. The molecule has 0 amide bonds. The fourth-order valence-corrected chi connectivity index (χ4v) is 7.20. The van der Waals surface area contributed by atoms with Gasteiger partial charge in [0.2, 0.25) is 0 Å². The molecule has 4 bridgehead atoms. The zero-order chi connectivity index (χ0) is 18.4. The standard InChI is InChI=1S/C24H34N2/c1-7-18-10-17-11-24(6)22-19(8-9-26(12-17)23(18)24)20-15(4)13(2)14(3)16(5)21(20)25-22/h17-18,23,25H,7-12H2,1-6H3. The van der Waals surface area contributed by atoms with Gasteiger partial charge in [0, 0.05) is 41.1 Å². The third kappa shape index (κ3) is 1.92. The summed E-state index contributed by atoms with van der Waals surface area (Å²) in [6.07, 6.45) is 5.38. The van der Waals surface area contributed by atoms with Crippen LogP contribution in [0.1, 0.15) is 66.6 Å². The number of nitrogens with one attached hydrogen (secondary N) is 1. The molecule has 6 rings (SSSR count). The van der Waals surface area contributed by atoms with Crippen molar-refractivity contribution in [2.45, 2.75) is 78.7 Å². The molecule has 3 aliphatic heterocycles. The molecule has 2 saturated heterocycles. The number of nitrogens with zero attached hydrogens (tertiary/aromatic N) is 1. The summed E-state index contributed by atoms with van der Waals surface area (Å²) in [6, 6.07) is 0.731. The van der Waals surface area contributed by atoms with Crippen molar-refractivity contribution >= 4 is 10.9 Å². The SMILES string of the molecule is CCC1CC2CN3CCc4c([nH]c5c(C)c(C)c(C)c(C)c45)C(C)(C2)C13. The molecule has 5 unspecified atom stereocenters. The molecule has 140 valence electrons. The Morgan fingerprint density at radius 2 is 1.81 bits per heavy atom. The number of piperidine rings is 2. The first-order valence-electron chi connectivity index (χ1n) is 10.7. The zero-order valence-corrected chi connectivity index (χ0v) is 17.4. The van der Waals surface area contributed by atoms with E-state index >= 15 is 0 Å². The van der Waals surface area contributed by atoms with E-state index in [4.69, 9.17) is 0 Å². The molecule has 3 fully saturated rings. The fraction of sp³-hybridized carbons (Fsp3) is 0.667. The van der Waals surface area contributed by atoms with Gasteiger partial charge in [0.05, 0.1) is 0 Å². The number of aryl methyl sites for hydroxylation is 2. The van der Waals surface area contributed by atoms with Crippen LogP contribution >= 0.6 is 0 Å². The summed E-state index contributed by atoms with van der Waals surface area (Å²) in [5.41, 5.74) is 10.9. The van der Waals surface area contributed by atoms with Crippen LogP contribution in [0.2, 0.25) is 0 Å². The van der Waals surface area contributed by atoms with Crippen molar-refractivity contribution in [3.8, 4) is 0 Å². The summed E-state index contributed by atoms with van der Waals surface area (Å²) in [7, 11) is 0. The highest BCUT2D eigenvalue weighted by Gasteiger charge is 2.55. The van der Waals surface area contributed by atoms with Crippen LogP contribution in [0.25, 0.3) is 10.9 Å². The van der Waals surface area contributed by atoms with Crippen LogP contribution < -0.4 is 0 Å². The number of aromatic nitrogens is 1. The van der Waals surface area contributed by atoms with Crippen molar-refractivity contribution in [2.24, 2.45) is 11.8 Å². The molecule has 4 aliphatic rings. The summed E-state index contributed by atoms with van der Waals surface area (Å²) in [5, 5.41) is 1.56. The van der Waals surface area contributed by atoms with Crippen molar-refractivity contribution in [1.82, 2.24) is 9.88 Å². The second-order valence-electron chi connectivity index (χ2n) is 9.81. The van der Waals surface area contributed by atoms with Crippen LogP contribution in [0.15, 0.2) is 0 Å². The minimum Gasteiger partial charge on any atom is -0.357 e. The van der Waals surface area contributed by atoms with Crippen molar-refractivity contribution < 1.29 is 0 Å². The summed E-state index contributed by atoms with van der Waals surface area (Å²) < 4.78 is 0. The van der Waals surface area contributed by atoms with Gasteiger partial charge in [-0.3, -0.25) is 4.90 Å². The van der Waals surface area contributed by atoms with E-state index in [1.165, 1.54) is 66.5 Å². The van der Waals surface area contributed by atoms with Gasteiger partial charge in [-0.25, -0.2) is 0 Å². The van der Waals surface area contributed by atoms with Gasteiger partial charge in [0.1, 0.15) is 0 Å². The number of H-pyrrole nitrogens is 1. The van der Waals surface area contributed by atoms with Crippen LogP contribution in [-0.2, 0) is 11.8 Å². The monoisotopic (exact) mass is 350 g/mol. The van der Waals surface area contributed by atoms with Crippen LogP contribution in [0.3, 0.4) is 0 Å². The maximum Gasteiger partial charge on any atom is 0.0494 e. The number of hydrogen-bond acceptors (Lipinski definition) is 1. The van der Waals surface area contributed by atoms with E-state index < -0.39 is 0 Å². The Labute approximate surface area is 158 Å². The average Bonchev–Trinajstić information content (AvgIpc) is 2.99. The van der Waals surface area contributed by atoms with Crippen LogP contribution in [0.5, 0.6) is 0 Å². The Bertz CT molecular complexity index is 905. The molecule has 1 N–H and O–H groups in total. The van der Waals surface area contributed by atoms with Gasteiger partial charge < -0.3 is 4.98 Å². The molecule has 2 heteroatoms. The molecule has 2 aromatic rings. The Balaban J connectivity index is 1.81. The van der Waals surface area contributed by atoms with E-state index in [0.29, 0.717) is 5.41 Å². The lowest BCUT2D eigenvalue weighted by Gasteiger charge is -2.58. The molecule has 1 aliphatic carbocycles. The molecular weight excluding hydrogens is 316 g/mol. The summed E-state index contributed by atoms with van der Waals surface area (Å²) in [6.45, 7) is 16.9. The Morgan fingerprint density at radius 1 is 1.08 bits per heavy atom. The number of fused-ring (bicyclic) bond motifs is 4. The van der Waals surface area contributed by atoms with Crippen LogP contribution in [0.4, 0.5) is 0 Å². The van der Waals surface area contributed by atoms with Crippen LogP contribution in [-0.4, -0.2) is 29.0 Å². The maximum absolute atomic E-state index is 4.03. The normalized spacial score (nSPS) is 35.6. The predicted octanol–water partition coefficient (Wildman–Crippen LogP) is 5.34. The van der Waals surface area contributed by atoms with Crippen molar-refractivity contribution in [1.29, 1.82) is 0 Å². The lowest BCUT2D eigenvalue weighted by atomic mass is 9.57. The maximum atomic E-state index is 4.03. The molecule has 0 radical (unpaired) electrons. The Kier molecular flexibility index (Phi) is 3.49. The molecule has 1 aromatic heterocycles. The molecule has 1 saturated carbocycles. The first kappa shape index (κ1) is 16.9. The smallest absolute Gasteiger partial charge is 0.0494 e. The second kappa shape index (κ2) is 5.38. The van der Waals surface area contributed by atoms with E-state index in [0.717, 1.165) is 17.9 Å². The predicted molar refractivity (Wildman–Crippen MR) is 110 cm³/mol. The lowest BCUT2D eigenvalue weighted by molar-refractivity contribution is -0.0522. The van der Waals surface area contributed by atoms with Gasteiger partial charge >= 0.3 is 0 Å². The Morgan fingerprint density at radius 3 is 2.54 bits per heavy atom. The Hall–Kier alpha value is -1.28. The van der Waals surface area contributed by atoms with Crippen molar-refractivity contribution in [3.05, 3.63) is 33.5 Å². The minimum atomic E-state index is 0.299. The van der Waals surface area contributed by atoms with E-state index in [9.17, 15) is 0 Å². The third-order valence-corrected chi connectivity index (χ3v) is 8.62. The quantitative estimate of drug-likeness (QED) is 0.736. The fourth-order valence-electron chi connectivity index (χ4n) is 7.20. The van der Waals surface area contributed by atoms with Gasteiger partial charge in [-0.05, 0) is 86.6 Å². The minimum absolute atomic E-state index is 0.299. The van der Waals surface area contributed by atoms with Gasteiger partial charge in [-0.15, -0.1) is 0 Å². The largest absolute Gasteiger partial charge is 0.357 e. The van der Waals surface area contributed by atoms with Crippen LogP contribution in [0, 0.1) is 39.5 Å². The topological polar surface area (TPSA) is 19.0 Å². The molecule has 4 heterocycles. The number of aromatic amines is 1. The van der Waals surface area contributed by atoms with Gasteiger partial charge in [0.15, 0.2) is 0 Å². The third-order valence-electron chi connectivity index (χ3n) is 8.62. The average molecular weight is 351 g/mol. The molecule has 26 heavy (non-hydrogen) atoms. The highest BCUT2D eigenvalue weighted by atomic mass is 15.2. The zero-order valence-electron chi connectivity index (χ0n) is 17.4. The summed E-state index contributed by atoms with van der Waals surface area (Å²) in [4.78, 5) is 6.90. The van der Waals surface area contributed by atoms with Crippen molar-refractivity contribution in [3.63, 3.8) is 0 Å². The summed E-state index contributed by atoms with van der Waals surface area (Å²) in [5.74, 6) is 1.76. The van der Waals surface area contributed by atoms with Gasteiger partial charge in [0.25, 0.3) is 0 Å². The van der Waals surface area contributed by atoms with E-state index in [1.807, 2.05) is 0 Å². The molecule has 0 spiro atoms. The summed E-state index contributed by atoms with van der Waals surface area (Å²) >= 11 is 0. The van der Waals surface area contributed by atoms with E-state index in [1.54, 1.807) is 16.6 Å². The van der Waals surface area contributed by atoms with Gasteiger partial charge in [-0.1, -0.05) is 20.3 Å². The van der Waals surface area contributed by atoms with Crippen molar-refractivity contribution in [2.75, 3.05) is 13.1 Å².